The minimum atomic E-state index is -2.83. The molecule has 0 amide bonds. The number of hydrogen-bond donors (Lipinski definition) is 0. The molecule has 1 heterocycles. The van der Waals surface area contributed by atoms with Gasteiger partial charge in [-0.3, -0.25) is 0 Å². The van der Waals surface area contributed by atoms with Gasteiger partial charge in [0.2, 0.25) is 0 Å². The number of aromatic nitrogens is 2. The van der Waals surface area contributed by atoms with E-state index in [1.165, 1.54) is 10.7 Å². The lowest BCUT2D eigenvalue weighted by Crippen LogP contribution is -2.53. The van der Waals surface area contributed by atoms with Gasteiger partial charge in [-0.1, -0.05) is 13.8 Å². The Morgan fingerprint density at radius 2 is 1.88 bits per heavy atom. The van der Waals surface area contributed by atoms with Crippen LogP contribution in [0.25, 0.3) is 11.3 Å². The van der Waals surface area contributed by atoms with E-state index in [0.29, 0.717) is 16.8 Å². The normalized spacial score (nSPS) is 17.8. The summed E-state index contributed by atoms with van der Waals surface area (Å²) in [6.45, 7) is 5.73. The molecule has 0 bridgehead atoms. The molecule has 1 aliphatic rings. The zero-order chi connectivity index (χ0) is 19.1. The Labute approximate surface area is 151 Å². The van der Waals surface area contributed by atoms with E-state index in [1.54, 1.807) is 19.1 Å². The van der Waals surface area contributed by atoms with Crippen LogP contribution in [0.4, 0.5) is 13.2 Å². The first-order chi connectivity index (χ1) is 12.2. The minimum absolute atomic E-state index is 0.122. The summed E-state index contributed by atoms with van der Waals surface area (Å²) in [5, 5.41) is 14.2. The van der Waals surface area contributed by atoms with Crippen molar-refractivity contribution < 1.29 is 13.2 Å². The Balaban J connectivity index is 2.12. The first kappa shape index (κ1) is 18.5. The maximum atomic E-state index is 13.6. The van der Waals surface area contributed by atoms with Gasteiger partial charge in [0, 0.05) is 17.2 Å². The number of alkyl halides is 2. The SMILES string of the molecule is CCC(CC)c1cc(-c2ccc(F)c(C)c2)nn1C1(C#N)CC(F)(F)C1. The summed E-state index contributed by atoms with van der Waals surface area (Å²) < 4.78 is 42.3. The largest absolute Gasteiger partial charge is 0.254 e. The van der Waals surface area contributed by atoms with Crippen molar-refractivity contribution in [1.82, 2.24) is 9.78 Å². The van der Waals surface area contributed by atoms with Crippen LogP contribution in [-0.2, 0) is 5.54 Å². The van der Waals surface area contributed by atoms with Crippen molar-refractivity contribution in [1.29, 1.82) is 5.26 Å². The summed E-state index contributed by atoms with van der Waals surface area (Å²) >= 11 is 0. The topological polar surface area (TPSA) is 41.6 Å². The van der Waals surface area contributed by atoms with Crippen molar-refractivity contribution in [2.24, 2.45) is 0 Å². The molecule has 0 saturated heterocycles. The molecule has 0 N–H and O–H groups in total. The molecule has 2 aromatic rings. The Hall–Kier alpha value is -2.29. The van der Waals surface area contributed by atoms with Crippen LogP contribution in [0.3, 0.4) is 0 Å². The van der Waals surface area contributed by atoms with Gasteiger partial charge >= 0.3 is 0 Å². The zero-order valence-electron chi connectivity index (χ0n) is 15.2. The van der Waals surface area contributed by atoms with Gasteiger partial charge in [-0.15, -0.1) is 0 Å². The van der Waals surface area contributed by atoms with Crippen LogP contribution < -0.4 is 0 Å². The van der Waals surface area contributed by atoms with E-state index in [1.807, 2.05) is 19.9 Å². The average Bonchev–Trinajstić information content (AvgIpc) is 3.01. The van der Waals surface area contributed by atoms with Crippen LogP contribution in [0.1, 0.15) is 56.7 Å². The highest BCUT2D eigenvalue weighted by molar-refractivity contribution is 5.61. The molecular formula is C20H22F3N3. The number of rotatable bonds is 5. The molecule has 3 nitrogen and oxygen atoms in total. The molecule has 0 radical (unpaired) electrons. The number of aryl methyl sites for hydroxylation is 1. The van der Waals surface area contributed by atoms with Crippen LogP contribution in [0.2, 0.25) is 0 Å². The number of hydrogen-bond acceptors (Lipinski definition) is 2. The summed E-state index contributed by atoms with van der Waals surface area (Å²) in [6, 6.07) is 8.62. The standard InChI is InChI=1S/C20H22F3N3/c1-4-14(5-2)18-9-17(15-6-7-16(21)13(3)8-15)25-26(18)19(12-24)10-20(22,23)11-19/h6-9,14H,4-5,10-11H2,1-3H3. The molecule has 1 aromatic carbocycles. The maximum absolute atomic E-state index is 13.6. The summed E-state index contributed by atoms with van der Waals surface area (Å²) in [4.78, 5) is 0. The molecule has 0 unspecified atom stereocenters. The van der Waals surface area contributed by atoms with Gasteiger partial charge in [-0.25, -0.2) is 17.9 Å². The number of halogens is 3. The Kier molecular flexibility index (Phi) is 4.60. The molecule has 0 spiro atoms. The lowest BCUT2D eigenvalue weighted by atomic mass is 9.74. The Morgan fingerprint density at radius 3 is 2.38 bits per heavy atom. The minimum Gasteiger partial charge on any atom is -0.248 e. The quantitative estimate of drug-likeness (QED) is 0.701. The molecule has 0 atom stereocenters. The van der Waals surface area contributed by atoms with Crippen molar-refractivity contribution in [2.75, 3.05) is 0 Å². The summed E-state index contributed by atoms with van der Waals surface area (Å²) in [7, 11) is 0. The molecule has 6 heteroatoms. The van der Waals surface area contributed by atoms with Gasteiger partial charge in [0.15, 0.2) is 5.54 Å². The van der Waals surface area contributed by atoms with Gasteiger partial charge in [0.05, 0.1) is 24.6 Å². The Bertz CT molecular complexity index is 852. The van der Waals surface area contributed by atoms with Crippen molar-refractivity contribution in [2.45, 2.75) is 63.8 Å². The first-order valence-electron chi connectivity index (χ1n) is 8.91. The third kappa shape index (κ3) is 3.00. The molecule has 1 fully saturated rings. The van der Waals surface area contributed by atoms with Crippen LogP contribution >= 0.6 is 0 Å². The van der Waals surface area contributed by atoms with Crippen LogP contribution in [0.15, 0.2) is 24.3 Å². The van der Waals surface area contributed by atoms with E-state index < -0.39 is 24.3 Å². The highest BCUT2D eigenvalue weighted by atomic mass is 19.3. The molecule has 3 rings (SSSR count). The van der Waals surface area contributed by atoms with E-state index in [9.17, 15) is 18.4 Å². The van der Waals surface area contributed by atoms with E-state index in [4.69, 9.17) is 0 Å². The fourth-order valence-electron chi connectivity index (χ4n) is 3.76. The molecule has 138 valence electrons. The molecule has 26 heavy (non-hydrogen) atoms. The number of benzene rings is 1. The monoisotopic (exact) mass is 361 g/mol. The lowest BCUT2D eigenvalue weighted by molar-refractivity contribution is -0.135. The molecule has 1 saturated carbocycles. The second-order valence-corrected chi connectivity index (χ2v) is 7.20. The van der Waals surface area contributed by atoms with E-state index >= 15 is 0 Å². The van der Waals surface area contributed by atoms with Crippen molar-refractivity contribution in [3.05, 3.63) is 41.3 Å². The van der Waals surface area contributed by atoms with Crippen LogP contribution in [0, 0.1) is 24.1 Å². The fourth-order valence-corrected chi connectivity index (χ4v) is 3.76. The van der Waals surface area contributed by atoms with E-state index in [-0.39, 0.29) is 11.7 Å². The van der Waals surface area contributed by atoms with Crippen molar-refractivity contribution in [3.8, 4) is 17.3 Å². The maximum Gasteiger partial charge on any atom is 0.254 e. The van der Waals surface area contributed by atoms with Gasteiger partial charge < -0.3 is 0 Å². The van der Waals surface area contributed by atoms with E-state index in [2.05, 4.69) is 11.2 Å². The van der Waals surface area contributed by atoms with Gasteiger partial charge in [0.25, 0.3) is 5.92 Å². The lowest BCUT2D eigenvalue weighted by Gasteiger charge is -2.43. The summed E-state index contributed by atoms with van der Waals surface area (Å²) in [5.74, 6) is -3.02. The first-order valence-corrected chi connectivity index (χ1v) is 8.91. The number of nitriles is 1. The van der Waals surface area contributed by atoms with Gasteiger partial charge in [-0.2, -0.15) is 10.4 Å². The average molecular weight is 361 g/mol. The van der Waals surface area contributed by atoms with Crippen molar-refractivity contribution >= 4 is 0 Å². The van der Waals surface area contributed by atoms with Gasteiger partial charge in [-0.05, 0) is 49.6 Å². The second-order valence-electron chi connectivity index (χ2n) is 7.20. The third-order valence-electron chi connectivity index (χ3n) is 5.31. The summed E-state index contributed by atoms with van der Waals surface area (Å²) in [6.07, 6.45) is 0.602. The summed E-state index contributed by atoms with van der Waals surface area (Å²) in [5.41, 5.74) is 1.28. The highest BCUT2D eigenvalue weighted by Gasteiger charge is 2.60. The third-order valence-corrected chi connectivity index (χ3v) is 5.31. The highest BCUT2D eigenvalue weighted by Crippen LogP contribution is 2.51. The second kappa shape index (κ2) is 6.46. The van der Waals surface area contributed by atoms with Crippen LogP contribution in [0.5, 0.6) is 0 Å². The molecule has 1 aliphatic carbocycles. The Morgan fingerprint density at radius 1 is 1.23 bits per heavy atom. The van der Waals surface area contributed by atoms with Gasteiger partial charge in [0.1, 0.15) is 5.82 Å². The fraction of sp³-hybridized carbons (Fsp3) is 0.500. The zero-order valence-corrected chi connectivity index (χ0v) is 15.2. The number of nitrogens with zero attached hydrogens (tertiary/aromatic N) is 3. The van der Waals surface area contributed by atoms with Crippen molar-refractivity contribution in [3.63, 3.8) is 0 Å². The predicted molar refractivity (Wildman–Crippen MR) is 93.4 cm³/mol. The predicted octanol–water partition coefficient (Wildman–Crippen LogP) is 5.55. The molecular weight excluding hydrogens is 339 g/mol. The smallest absolute Gasteiger partial charge is 0.248 e. The molecule has 1 aromatic heterocycles. The van der Waals surface area contributed by atoms with Crippen LogP contribution in [-0.4, -0.2) is 15.7 Å². The molecule has 0 aliphatic heterocycles. The van der Waals surface area contributed by atoms with E-state index in [0.717, 1.165) is 18.5 Å².